The van der Waals surface area contributed by atoms with Crippen LogP contribution in [0.1, 0.15) is 33.0 Å². The number of halogens is 1. The van der Waals surface area contributed by atoms with E-state index in [4.69, 9.17) is 13.9 Å². The molecule has 1 aromatic heterocycles. The number of benzene rings is 1. The molecule has 0 atom stereocenters. The number of carbonyl (C=O) groups is 1. The van der Waals surface area contributed by atoms with Gasteiger partial charge in [0.15, 0.2) is 17.5 Å². The highest BCUT2D eigenvalue weighted by atomic mass is 127. The number of aliphatic imine (C=N–C) groups is 1. The molecule has 30 heavy (non-hydrogen) atoms. The maximum atomic E-state index is 12.1. The molecule has 8 nitrogen and oxygen atoms in total. The predicted molar refractivity (Wildman–Crippen MR) is 127 cm³/mol. The van der Waals surface area contributed by atoms with Crippen LogP contribution in [0.25, 0.3) is 0 Å². The van der Waals surface area contributed by atoms with Crippen molar-refractivity contribution in [3.63, 3.8) is 0 Å². The molecule has 1 amide bonds. The molecule has 0 radical (unpaired) electrons. The number of anilines is 1. The second kappa shape index (κ2) is 11.1. The first-order valence-corrected chi connectivity index (χ1v) is 9.67. The summed E-state index contributed by atoms with van der Waals surface area (Å²) < 4.78 is 16.8. The van der Waals surface area contributed by atoms with Gasteiger partial charge < -0.3 is 29.8 Å². The van der Waals surface area contributed by atoms with Gasteiger partial charge in [-0.05, 0) is 45.0 Å². The SMILES string of the molecule is CC(C)(C)NC(=O)CN=C(NCc1ccco1)Nc1ccc2c(c1)OCCCO2.I. The molecule has 0 bridgehead atoms. The summed E-state index contributed by atoms with van der Waals surface area (Å²) in [6.07, 6.45) is 2.46. The van der Waals surface area contributed by atoms with Crippen LogP contribution in [0.2, 0.25) is 0 Å². The maximum absolute atomic E-state index is 12.1. The number of hydrogen-bond acceptors (Lipinski definition) is 5. The Kier molecular flexibility index (Phi) is 8.82. The highest BCUT2D eigenvalue weighted by molar-refractivity contribution is 14.0. The lowest BCUT2D eigenvalue weighted by molar-refractivity contribution is -0.121. The quantitative estimate of drug-likeness (QED) is 0.312. The summed E-state index contributed by atoms with van der Waals surface area (Å²) in [7, 11) is 0. The summed E-state index contributed by atoms with van der Waals surface area (Å²) in [6.45, 7) is 7.48. The largest absolute Gasteiger partial charge is 0.490 e. The number of nitrogens with one attached hydrogen (secondary N) is 3. The Morgan fingerprint density at radius 2 is 1.90 bits per heavy atom. The Balaban J connectivity index is 0.00000320. The number of nitrogens with zero attached hydrogens (tertiary/aromatic N) is 1. The fraction of sp³-hybridized carbons (Fsp3) is 0.429. The van der Waals surface area contributed by atoms with Crippen LogP contribution in [0.15, 0.2) is 46.0 Å². The molecule has 0 spiro atoms. The molecule has 0 fully saturated rings. The minimum absolute atomic E-state index is 0. The lowest BCUT2D eigenvalue weighted by atomic mass is 10.1. The number of hydrogen-bond donors (Lipinski definition) is 3. The van der Waals surface area contributed by atoms with Crippen LogP contribution in [0, 0.1) is 0 Å². The van der Waals surface area contributed by atoms with Crippen molar-refractivity contribution in [2.75, 3.05) is 25.1 Å². The summed E-state index contributed by atoms with van der Waals surface area (Å²) in [6, 6.07) is 9.29. The van der Waals surface area contributed by atoms with Crippen molar-refractivity contribution in [1.29, 1.82) is 0 Å². The molecule has 2 aromatic rings. The predicted octanol–water partition coefficient (Wildman–Crippen LogP) is 3.53. The van der Waals surface area contributed by atoms with Gasteiger partial charge in [-0.1, -0.05) is 0 Å². The zero-order chi connectivity index (χ0) is 20.7. The molecular weight excluding hydrogens is 499 g/mol. The Morgan fingerprint density at radius 3 is 2.60 bits per heavy atom. The van der Waals surface area contributed by atoms with Crippen molar-refractivity contribution in [3.8, 4) is 11.5 Å². The lowest BCUT2D eigenvalue weighted by Gasteiger charge is -2.20. The van der Waals surface area contributed by atoms with Crippen LogP contribution in [-0.2, 0) is 11.3 Å². The van der Waals surface area contributed by atoms with Gasteiger partial charge in [0.05, 0.1) is 26.0 Å². The van der Waals surface area contributed by atoms with Gasteiger partial charge in [-0.2, -0.15) is 0 Å². The Hall–Kier alpha value is -2.43. The van der Waals surface area contributed by atoms with Crippen molar-refractivity contribution in [3.05, 3.63) is 42.4 Å². The van der Waals surface area contributed by atoms with Crippen LogP contribution in [0.4, 0.5) is 5.69 Å². The van der Waals surface area contributed by atoms with Crippen molar-refractivity contribution < 1.29 is 18.7 Å². The molecular formula is C21H29IN4O4. The van der Waals surface area contributed by atoms with Gasteiger partial charge in [0.2, 0.25) is 5.91 Å². The highest BCUT2D eigenvalue weighted by Crippen LogP contribution is 2.32. The summed E-state index contributed by atoms with van der Waals surface area (Å²) in [5, 5.41) is 9.29. The van der Waals surface area contributed by atoms with Crippen LogP contribution in [0.5, 0.6) is 11.5 Å². The van der Waals surface area contributed by atoms with Gasteiger partial charge in [-0.25, -0.2) is 4.99 Å². The number of amides is 1. The van der Waals surface area contributed by atoms with E-state index in [9.17, 15) is 4.79 Å². The van der Waals surface area contributed by atoms with Crippen molar-refractivity contribution >= 4 is 41.5 Å². The van der Waals surface area contributed by atoms with Crippen LogP contribution in [0.3, 0.4) is 0 Å². The topological polar surface area (TPSA) is 97.1 Å². The molecule has 3 N–H and O–H groups in total. The lowest BCUT2D eigenvalue weighted by Crippen LogP contribution is -2.42. The van der Waals surface area contributed by atoms with E-state index in [0.717, 1.165) is 23.6 Å². The first kappa shape index (κ1) is 23.8. The molecule has 1 aromatic carbocycles. The number of carbonyl (C=O) groups excluding carboxylic acids is 1. The van der Waals surface area contributed by atoms with Crippen molar-refractivity contribution in [1.82, 2.24) is 10.6 Å². The van der Waals surface area contributed by atoms with Crippen LogP contribution < -0.4 is 25.4 Å². The van der Waals surface area contributed by atoms with E-state index in [-0.39, 0.29) is 42.0 Å². The molecule has 164 valence electrons. The van der Waals surface area contributed by atoms with E-state index in [1.807, 2.05) is 51.1 Å². The molecule has 3 rings (SSSR count). The zero-order valence-electron chi connectivity index (χ0n) is 17.5. The van der Waals surface area contributed by atoms with Gasteiger partial charge in [0.1, 0.15) is 12.3 Å². The zero-order valence-corrected chi connectivity index (χ0v) is 19.8. The Bertz CT molecular complexity index is 847. The van der Waals surface area contributed by atoms with Crippen LogP contribution >= 0.6 is 24.0 Å². The number of rotatable bonds is 5. The number of guanidine groups is 1. The number of ether oxygens (including phenoxy) is 2. The van der Waals surface area contributed by atoms with Gasteiger partial charge >= 0.3 is 0 Å². The fourth-order valence-corrected chi connectivity index (χ4v) is 2.71. The van der Waals surface area contributed by atoms with Gasteiger partial charge in [0, 0.05) is 23.7 Å². The second-order valence-electron chi connectivity index (χ2n) is 7.73. The Morgan fingerprint density at radius 1 is 1.13 bits per heavy atom. The highest BCUT2D eigenvalue weighted by Gasteiger charge is 2.14. The van der Waals surface area contributed by atoms with Crippen LogP contribution in [-0.4, -0.2) is 37.2 Å². The molecule has 1 aliphatic rings. The summed E-state index contributed by atoms with van der Waals surface area (Å²) in [4.78, 5) is 16.6. The fourth-order valence-electron chi connectivity index (χ4n) is 2.71. The van der Waals surface area contributed by atoms with E-state index in [0.29, 0.717) is 31.5 Å². The molecule has 9 heteroatoms. The van der Waals surface area contributed by atoms with Gasteiger partial charge in [-0.15, -0.1) is 24.0 Å². The molecule has 1 aliphatic heterocycles. The van der Waals surface area contributed by atoms with E-state index in [1.165, 1.54) is 0 Å². The van der Waals surface area contributed by atoms with Crippen molar-refractivity contribution in [2.45, 2.75) is 39.3 Å². The normalized spacial score (nSPS) is 13.6. The molecule has 0 saturated heterocycles. The van der Waals surface area contributed by atoms with E-state index in [1.54, 1.807) is 6.26 Å². The third kappa shape index (κ3) is 7.77. The minimum atomic E-state index is -0.309. The molecule has 0 unspecified atom stereocenters. The maximum Gasteiger partial charge on any atom is 0.242 e. The Labute approximate surface area is 193 Å². The minimum Gasteiger partial charge on any atom is -0.490 e. The molecule has 0 saturated carbocycles. The molecule has 2 heterocycles. The third-order valence-electron chi connectivity index (χ3n) is 3.92. The van der Waals surface area contributed by atoms with Gasteiger partial charge in [0.25, 0.3) is 0 Å². The molecule has 0 aliphatic carbocycles. The first-order valence-electron chi connectivity index (χ1n) is 9.67. The van der Waals surface area contributed by atoms with Crippen molar-refractivity contribution in [2.24, 2.45) is 4.99 Å². The van der Waals surface area contributed by atoms with E-state index < -0.39 is 0 Å². The third-order valence-corrected chi connectivity index (χ3v) is 3.92. The summed E-state index contributed by atoms with van der Waals surface area (Å²) in [5.41, 5.74) is 0.465. The summed E-state index contributed by atoms with van der Waals surface area (Å²) >= 11 is 0. The van der Waals surface area contributed by atoms with E-state index in [2.05, 4.69) is 20.9 Å². The summed E-state index contributed by atoms with van der Waals surface area (Å²) in [5.74, 6) is 2.47. The number of fused-ring (bicyclic) bond motifs is 1. The standard InChI is InChI=1S/C21H28N4O4.HI/c1-21(2,3)25-19(26)14-23-20(22-13-16-6-4-9-27-16)24-15-7-8-17-18(12-15)29-11-5-10-28-17;/h4,6-9,12H,5,10-11,13-14H2,1-3H3,(H,25,26)(H2,22,23,24);1H. The van der Waals surface area contributed by atoms with Gasteiger partial charge in [-0.3, -0.25) is 4.79 Å². The monoisotopic (exact) mass is 528 g/mol. The average Bonchev–Trinajstić information content (AvgIpc) is 3.06. The first-order chi connectivity index (χ1) is 13.9. The second-order valence-corrected chi connectivity index (χ2v) is 7.73. The van der Waals surface area contributed by atoms with E-state index >= 15 is 0 Å². The smallest absolute Gasteiger partial charge is 0.242 e. The average molecular weight is 528 g/mol. The number of furan rings is 1.